The summed E-state index contributed by atoms with van der Waals surface area (Å²) in [6, 6.07) is 5.39. The van der Waals surface area contributed by atoms with Crippen molar-refractivity contribution in [2.45, 2.75) is 31.9 Å². The Bertz CT molecular complexity index is 430. The van der Waals surface area contributed by atoms with Crippen molar-refractivity contribution < 1.29 is 23.0 Å². The zero-order chi connectivity index (χ0) is 14.8. The van der Waals surface area contributed by atoms with E-state index in [1.165, 1.54) is 18.2 Å². The summed E-state index contributed by atoms with van der Waals surface area (Å²) in [5.41, 5.74) is -0.239. The Morgan fingerprint density at radius 1 is 1.21 bits per heavy atom. The zero-order valence-corrected chi connectivity index (χ0v) is 11.3. The fourth-order valence-corrected chi connectivity index (χ4v) is 1.53. The van der Waals surface area contributed by atoms with Crippen LogP contribution in [0, 0.1) is 0 Å². The minimum atomic E-state index is -4.74. The van der Waals surface area contributed by atoms with Crippen molar-refractivity contribution in [3.63, 3.8) is 0 Å². The molecule has 3 nitrogen and oxygen atoms in total. The molecule has 0 radical (unpaired) electrons. The topological polar surface area (TPSA) is 32.7 Å². The van der Waals surface area contributed by atoms with E-state index in [0.717, 1.165) is 0 Å². The van der Waals surface area contributed by atoms with Gasteiger partial charge in [0.05, 0.1) is 6.10 Å². The molecule has 6 heteroatoms. The average molecular weight is 277 g/mol. The summed E-state index contributed by atoms with van der Waals surface area (Å²) in [5, 5.41) is 10.3. The van der Waals surface area contributed by atoms with Crippen molar-refractivity contribution in [2.75, 3.05) is 14.1 Å². The van der Waals surface area contributed by atoms with Gasteiger partial charge in [-0.05, 0) is 45.6 Å². The molecule has 1 rings (SSSR count). The van der Waals surface area contributed by atoms with Gasteiger partial charge < -0.3 is 14.7 Å². The Kier molecular flexibility index (Phi) is 4.47. The van der Waals surface area contributed by atoms with Crippen LogP contribution in [0.5, 0.6) is 5.75 Å². The number of aliphatic hydroxyl groups excluding tert-OH is 1. The maximum absolute atomic E-state index is 12.1. The predicted molar refractivity (Wildman–Crippen MR) is 65.9 cm³/mol. The molecule has 0 heterocycles. The molecule has 0 aromatic heterocycles. The number of aliphatic hydroxyl groups is 1. The summed E-state index contributed by atoms with van der Waals surface area (Å²) >= 11 is 0. The van der Waals surface area contributed by atoms with Gasteiger partial charge in [-0.2, -0.15) is 0 Å². The van der Waals surface area contributed by atoms with Crippen LogP contribution >= 0.6 is 0 Å². The van der Waals surface area contributed by atoms with Gasteiger partial charge in [-0.25, -0.2) is 0 Å². The van der Waals surface area contributed by atoms with Crippen molar-refractivity contribution in [1.82, 2.24) is 4.90 Å². The third-order valence-electron chi connectivity index (χ3n) is 3.23. The van der Waals surface area contributed by atoms with Crippen molar-refractivity contribution in [2.24, 2.45) is 0 Å². The molecule has 0 amide bonds. The molecule has 1 aromatic rings. The minimum absolute atomic E-state index is 0.335. The molecule has 1 N–H and O–H groups in total. The molecule has 1 atom stereocenters. The van der Waals surface area contributed by atoms with Crippen LogP contribution in [0.3, 0.4) is 0 Å². The van der Waals surface area contributed by atoms with E-state index in [2.05, 4.69) is 4.74 Å². The highest BCUT2D eigenvalue weighted by molar-refractivity contribution is 5.31. The van der Waals surface area contributed by atoms with E-state index in [4.69, 9.17) is 0 Å². The van der Waals surface area contributed by atoms with Gasteiger partial charge in [-0.1, -0.05) is 12.1 Å². The minimum Gasteiger partial charge on any atom is -0.406 e. The molecule has 1 unspecified atom stereocenters. The van der Waals surface area contributed by atoms with Gasteiger partial charge >= 0.3 is 6.36 Å². The summed E-state index contributed by atoms with van der Waals surface area (Å²) in [5.74, 6) is -0.335. The van der Waals surface area contributed by atoms with E-state index in [9.17, 15) is 18.3 Å². The van der Waals surface area contributed by atoms with Crippen LogP contribution in [0.2, 0.25) is 0 Å². The van der Waals surface area contributed by atoms with Crippen molar-refractivity contribution >= 4 is 0 Å². The molecule has 108 valence electrons. The van der Waals surface area contributed by atoms with E-state index in [-0.39, 0.29) is 5.75 Å². The van der Waals surface area contributed by atoms with Gasteiger partial charge in [0.25, 0.3) is 0 Å². The third-order valence-corrected chi connectivity index (χ3v) is 3.23. The van der Waals surface area contributed by atoms with E-state index >= 15 is 0 Å². The number of ether oxygens (including phenoxy) is 1. The number of rotatable bonds is 4. The smallest absolute Gasteiger partial charge is 0.406 e. The molecular formula is C13H18F3NO2. The Morgan fingerprint density at radius 2 is 1.79 bits per heavy atom. The molecule has 19 heavy (non-hydrogen) atoms. The van der Waals surface area contributed by atoms with Crippen LogP contribution in [0.1, 0.15) is 25.5 Å². The molecule has 0 fully saturated rings. The molecule has 0 saturated heterocycles. The Hall–Kier alpha value is -1.27. The van der Waals surface area contributed by atoms with Crippen LogP contribution in [-0.4, -0.2) is 36.0 Å². The van der Waals surface area contributed by atoms with Crippen molar-refractivity contribution in [3.05, 3.63) is 29.8 Å². The zero-order valence-electron chi connectivity index (χ0n) is 11.3. The lowest BCUT2D eigenvalue weighted by molar-refractivity contribution is -0.274. The summed E-state index contributed by atoms with van der Waals surface area (Å²) in [6.45, 7) is 3.60. The van der Waals surface area contributed by atoms with E-state index < -0.39 is 18.0 Å². The highest BCUT2D eigenvalue weighted by atomic mass is 19.4. The quantitative estimate of drug-likeness (QED) is 0.918. The molecular weight excluding hydrogens is 259 g/mol. The lowest BCUT2D eigenvalue weighted by Crippen LogP contribution is -2.43. The highest BCUT2D eigenvalue weighted by Gasteiger charge is 2.33. The lowest BCUT2D eigenvalue weighted by Gasteiger charge is -2.37. The van der Waals surface area contributed by atoms with E-state index in [1.807, 2.05) is 0 Å². The first kappa shape index (κ1) is 15.8. The molecule has 1 aromatic carbocycles. The number of benzene rings is 1. The van der Waals surface area contributed by atoms with Crippen LogP contribution in [0.4, 0.5) is 13.2 Å². The monoisotopic (exact) mass is 277 g/mol. The number of alkyl halides is 3. The molecule has 0 saturated carbocycles. The van der Waals surface area contributed by atoms with Gasteiger partial charge in [0.15, 0.2) is 0 Å². The Morgan fingerprint density at radius 3 is 2.26 bits per heavy atom. The van der Waals surface area contributed by atoms with Gasteiger partial charge in [-0.15, -0.1) is 13.2 Å². The Balaban J connectivity index is 2.99. The molecule has 0 aliphatic heterocycles. The average Bonchev–Trinajstić information content (AvgIpc) is 2.25. The van der Waals surface area contributed by atoms with Crippen molar-refractivity contribution in [1.29, 1.82) is 0 Å². The third kappa shape index (κ3) is 4.11. The fraction of sp³-hybridized carbons (Fsp3) is 0.538. The second-order valence-corrected chi connectivity index (χ2v) is 5.07. The number of hydrogen-bond acceptors (Lipinski definition) is 3. The second kappa shape index (κ2) is 5.38. The maximum atomic E-state index is 12.1. The molecule has 0 aliphatic carbocycles. The van der Waals surface area contributed by atoms with Crippen molar-refractivity contribution in [3.8, 4) is 5.75 Å². The van der Waals surface area contributed by atoms with E-state index in [1.54, 1.807) is 38.9 Å². The largest absolute Gasteiger partial charge is 0.573 e. The summed E-state index contributed by atoms with van der Waals surface area (Å²) in [4.78, 5) is 1.80. The standard InChI is InChI=1S/C13H18F3NO2/c1-12(2,17(3)4)11(18)9-6-5-7-10(8-9)19-13(14,15)16/h5-8,11,18H,1-4H3. The number of nitrogens with zero attached hydrogens (tertiary/aromatic N) is 1. The first-order valence-corrected chi connectivity index (χ1v) is 5.75. The first-order valence-electron chi connectivity index (χ1n) is 5.75. The summed E-state index contributed by atoms with van der Waals surface area (Å²) in [7, 11) is 3.58. The van der Waals surface area contributed by atoms with Crippen LogP contribution in [-0.2, 0) is 0 Å². The van der Waals surface area contributed by atoms with Gasteiger partial charge in [-0.3, -0.25) is 0 Å². The van der Waals surface area contributed by atoms with Gasteiger partial charge in [0.1, 0.15) is 5.75 Å². The molecule has 0 aliphatic rings. The van der Waals surface area contributed by atoms with E-state index in [0.29, 0.717) is 5.56 Å². The predicted octanol–water partition coefficient (Wildman–Crippen LogP) is 2.96. The number of halogens is 3. The number of likely N-dealkylation sites (N-methyl/N-ethyl adjacent to an activating group) is 1. The van der Waals surface area contributed by atoms with Crippen LogP contribution in [0.25, 0.3) is 0 Å². The highest BCUT2D eigenvalue weighted by Crippen LogP contribution is 2.32. The lowest BCUT2D eigenvalue weighted by atomic mass is 9.90. The molecule has 0 bridgehead atoms. The Labute approximate surface area is 110 Å². The summed E-state index contributed by atoms with van der Waals surface area (Å²) in [6.07, 6.45) is -5.67. The maximum Gasteiger partial charge on any atom is 0.573 e. The fourth-order valence-electron chi connectivity index (χ4n) is 1.53. The van der Waals surface area contributed by atoms with Crippen LogP contribution < -0.4 is 4.74 Å². The van der Waals surface area contributed by atoms with Crippen LogP contribution in [0.15, 0.2) is 24.3 Å². The molecule has 0 spiro atoms. The van der Waals surface area contributed by atoms with Gasteiger partial charge in [0.2, 0.25) is 0 Å². The normalized spacial score (nSPS) is 14.6. The first-order chi connectivity index (χ1) is 8.54. The number of hydrogen-bond donors (Lipinski definition) is 1. The summed E-state index contributed by atoms with van der Waals surface area (Å²) < 4.78 is 40.3. The SMILES string of the molecule is CN(C)C(C)(C)C(O)c1cccc(OC(F)(F)F)c1. The second-order valence-electron chi connectivity index (χ2n) is 5.07. The van der Waals surface area contributed by atoms with Gasteiger partial charge in [0, 0.05) is 5.54 Å².